The molecule has 0 spiro atoms. The van der Waals surface area contributed by atoms with Crippen LogP contribution in [0.5, 0.6) is 0 Å². The van der Waals surface area contributed by atoms with E-state index in [-0.39, 0.29) is 88.0 Å². The minimum Gasteiger partial charge on any atom is -1.00 e. The summed E-state index contributed by atoms with van der Waals surface area (Å²) in [5.74, 6) is -1.62. The molecule has 0 radical (unpaired) electrons. The fourth-order valence-electron chi connectivity index (χ4n) is 2.09. The SMILES string of the molecule is CC(C)(C)CCOC(=O)c1ccc(C(=O)OCCC(C)(C)C)c(S(=O)(=O)O)c1.[H-].[K+]. The van der Waals surface area contributed by atoms with Gasteiger partial charge >= 0.3 is 63.3 Å². The van der Waals surface area contributed by atoms with Gasteiger partial charge < -0.3 is 10.9 Å². The Morgan fingerprint density at radius 1 is 0.931 bits per heavy atom. The van der Waals surface area contributed by atoms with Gasteiger partial charge in [0.05, 0.1) is 24.3 Å². The van der Waals surface area contributed by atoms with E-state index in [1.807, 2.05) is 41.5 Å². The topological polar surface area (TPSA) is 107 Å². The van der Waals surface area contributed by atoms with Crippen LogP contribution >= 0.6 is 0 Å². The first kappa shape index (κ1) is 28.7. The summed E-state index contributed by atoms with van der Waals surface area (Å²) in [6, 6.07) is 3.34. The van der Waals surface area contributed by atoms with Crippen LogP contribution in [0, 0.1) is 10.8 Å². The molecule has 29 heavy (non-hydrogen) atoms. The Labute approximate surface area is 217 Å². The normalized spacial score (nSPS) is 12.1. The van der Waals surface area contributed by atoms with E-state index < -0.39 is 27.0 Å². The molecule has 0 aliphatic carbocycles. The molecular weight excluding hydrogens is 423 g/mol. The maximum atomic E-state index is 12.2. The van der Waals surface area contributed by atoms with Gasteiger partial charge in [0, 0.05) is 0 Å². The molecule has 0 heterocycles. The maximum Gasteiger partial charge on any atom is 1.00 e. The van der Waals surface area contributed by atoms with Crippen LogP contribution in [0.4, 0.5) is 0 Å². The Morgan fingerprint density at radius 3 is 1.79 bits per heavy atom. The first-order valence-corrected chi connectivity index (χ1v) is 10.5. The molecule has 1 aromatic carbocycles. The summed E-state index contributed by atoms with van der Waals surface area (Å²) in [6.07, 6.45) is 1.21. The molecule has 7 nitrogen and oxygen atoms in total. The van der Waals surface area contributed by atoms with E-state index in [1.54, 1.807) is 0 Å². The monoisotopic (exact) mass is 454 g/mol. The molecule has 0 saturated carbocycles. The van der Waals surface area contributed by atoms with Gasteiger partial charge in [-0.05, 0) is 41.9 Å². The summed E-state index contributed by atoms with van der Waals surface area (Å²) in [4.78, 5) is 23.7. The van der Waals surface area contributed by atoms with Crippen molar-refractivity contribution in [2.24, 2.45) is 10.8 Å². The number of benzene rings is 1. The van der Waals surface area contributed by atoms with E-state index >= 15 is 0 Å². The van der Waals surface area contributed by atoms with Crippen molar-refractivity contribution in [2.75, 3.05) is 13.2 Å². The molecule has 0 aromatic heterocycles. The predicted octanol–water partition coefficient (Wildman–Crippen LogP) is 1.24. The van der Waals surface area contributed by atoms with Gasteiger partial charge in [0.1, 0.15) is 4.90 Å². The smallest absolute Gasteiger partial charge is 1.00 e. The van der Waals surface area contributed by atoms with Crippen molar-refractivity contribution in [2.45, 2.75) is 59.3 Å². The van der Waals surface area contributed by atoms with Crippen LogP contribution in [0.2, 0.25) is 0 Å². The van der Waals surface area contributed by atoms with E-state index in [0.717, 1.165) is 12.1 Å². The Kier molecular flexibility index (Phi) is 11.2. The summed E-state index contributed by atoms with van der Waals surface area (Å²) >= 11 is 0. The van der Waals surface area contributed by atoms with Gasteiger partial charge in [0.15, 0.2) is 0 Å². The first-order valence-electron chi connectivity index (χ1n) is 9.06. The van der Waals surface area contributed by atoms with Crippen LogP contribution in [-0.4, -0.2) is 38.1 Å². The summed E-state index contributed by atoms with van der Waals surface area (Å²) < 4.78 is 43.1. The van der Waals surface area contributed by atoms with Crippen LogP contribution in [0.1, 0.15) is 76.5 Å². The minimum absolute atomic E-state index is 0. The van der Waals surface area contributed by atoms with Crippen molar-refractivity contribution in [3.8, 4) is 0 Å². The molecule has 9 heteroatoms. The molecule has 0 unspecified atom stereocenters. The molecule has 0 atom stereocenters. The molecule has 0 bridgehead atoms. The summed E-state index contributed by atoms with van der Waals surface area (Å²) in [5.41, 5.74) is -0.497. The van der Waals surface area contributed by atoms with Gasteiger partial charge in [-0.3, -0.25) is 4.55 Å². The average Bonchev–Trinajstić information content (AvgIpc) is 2.50. The van der Waals surface area contributed by atoms with Gasteiger partial charge in [-0.25, -0.2) is 9.59 Å². The quantitative estimate of drug-likeness (QED) is 0.375. The Bertz CT molecular complexity index is 825. The third-order valence-electron chi connectivity index (χ3n) is 3.89. The van der Waals surface area contributed by atoms with Gasteiger partial charge in [0.25, 0.3) is 10.1 Å². The second kappa shape index (κ2) is 11.4. The summed E-state index contributed by atoms with van der Waals surface area (Å²) in [7, 11) is -4.74. The minimum atomic E-state index is -4.74. The van der Waals surface area contributed by atoms with E-state index in [0.29, 0.717) is 12.8 Å². The van der Waals surface area contributed by atoms with Crippen molar-refractivity contribution in [3.63, 3.8) is 0 Å². The molecule has 1 rings (SSSR count). The van der Waals surface area contributed by atoms with Gasteiger partial charge in [-0.15, -0.1) is 0 Å². The zero-order valence-corrected chi connectivity index (χ0v) is 22.3. The number of esters is 2. The number of hydrogen-bond acceptors (Lipinski definition) is 6. The zero-order chi connectivity index (χ0) is 21.8. The third-order valence-corrected chi connectivity index (χ3v) is 4.78. The summed E-state index contributed by atoms with van der Waals surface area (Å²) in [5, 5.41) is 0. The second-order valence-corrected chi connectivity index (χ2v) is 10.5. The Morgan fingerprint density at radius 2 is 1.38 bits per heavy atom. The van der Waals surface area contributed by atoms with Gasteiger partial charge in [-0.2, -0.15) is 8.42 Å². The molecule has 0 saturated heterocycles. The van der Waals surface area contributed by atoms with Crippen LogP contribution in [-0.2, 0) is 19.6 Å². The predicted molar refractivity (Wildman–Crippen MR) is 106 cm³/mol. The van der Waals surface area contributed by atoms with Crippen LogP contribution in [0.25, 0.3) is 0 Å². The maximum absolute atomic E-state index is 12.2. The fourth-order valence-corrected chi connectivity index (χ4v) is 2.80. The molecule has 160 valence electrons. The number of rotatable bonds is 7. The number of hydrogen-bond donors (Lipinski definition) is 1. The number of ether oxygens (including phenoxy) is 2. The molecule has 1 aromatic rings. The van der Waals surface area contributed by atoms with E-state index in [1.165, 1.54) is 6.07 Å². The average molecular weight is 455 g/mol. The van der Waals surface area contributed by atoms with Crippen molar-refractivity contribution in [1.82, 2.24) is 0 Å². The molecule has 0 aliphatic rings. The van der Waals surface area contributed by atoms with Crippen molar-refractivity contribution >= 4 is 22.1 Å². The summed E-state index contributed by atoms with van der Waals surface area (Å²) in [6.45, 7) is 12.2. The van der Waals surface area contributed by atoms with Gasteiger partial charge in [-0.1, -0.05) is 41.5 Å². The zero-order valence-electron chi connectivity index (χ0n) is 19.4. The fraction of sp³-hybridized carbons (Fsp3) is 0.600. The standard InChI is InChI=1S/C20H30O7S.K.H/c1-19(2,3)9-11-26-17(21)14-7-8-15(16(13-14)28(23,24)25)18(22)27-12-10-20(4,5)6;;/h7-8,13H,9-12H2,1-6H3,(H,23,24,25);;/q;+1;-1. The first-order chi connectivity index (χ1) is 12.6. The van der Waals surface area contributed by atoms with Crippen LogP contribution in [0.15, 0.2) is 23.1 Å². The van der Waals surface area contributed by atoms with Crippen molar-refractivity contribution in [3.05, 3.63) is 29.3 Å². The molecular formula is C20H31KO7S. The van der Waals surface area contributed by atoms with Crippen LogP contribution < -0.4 is 51.4 Å². The van der Waals surface area contributed by atoms with Gasteiger partial charge in [0.2, 0.25) is 0 Å². The van der Waals surface area contributed by atoms with Crippen molar-refractivity contribution in [1.29, 1.82) is 0 Å². The number of carbonyl (C=O) groups excluding carboxylic acids is 2. The molecule has 1 N–H and O–H groups in total. The Balaban J connectivity index is 0. The molecule has 0 aliphatic heterocycles. The van der Waals surface area contributed by atoms with E-state index in [4.69, 9.17) is 9.47 Å². The van der Waals surface area contributed by atoms with Crippen LogP contribution in [0.3, 0.4) is 0 Å². The third kappa shape index (κ3) is 11.0. The largest absolute Gasteiger partial charge is 1.00 e. The van der Waals surface area contributed by atoms with Crippen molar-refractivity contribution < 1.29 is 84.8 Å². The Hall–Kier alpha value is -0.294. The molecule has 0 fully saturated rings. The number of carbonyl (C=O) groups is 2. The second-order valence-electron chi connectivity index (χ2n) is 9.08. The van der Waals surface area contributed by atoms with E-state index in [9.17, 15) is 22.6 Å². The molecule has 0 amide bonds. The van der Waals surface area contributed by atoms with E-state index in [2.05, 4.69) is 0 Å².